The van der Waals surface area contributed by atoms with Crippen LogP contribution in [0.1, 0.15) is 22.3 Å². The fourth-order valence-corrected chi connectivity index (χ4v) is 0. The Hall–Kier alpha value is 1.40. The molecule has 0 aliphatic rings. The lowest BCUT2D eigenvalue weighted by atomic mass is 12.0. The first-order chi connectivity index (χ1) is 0. The molecule has 56 valence electrons. The van der Waals surface area contributed by atoms with Crippen molar-refractivity contribution in [3.8, 4) is 0 Å². The lowest BCUT2D eigenvalue weighted by Crippen LogP contribution is 0.143. The van der Waals surface area contributed by atoms with Crippen LogP contribution >= 0.6 is 54.0 Å². The van der Waals surface area contributed by atoms with E-state index in [9.17, 15) is 0 Å². The van der Waals surface area contributed by atoms with Crippen LogP contribution in [0.3, 0.4) is 0 Å². The van der Waals surface area contributed by atoms with Crippen LogP contribution in [0.25, 0.3) is 0 Å². The van der Waals surface area contributed by atoms with Crippen LogP contribution in [-0.2, 0) is 0 Å². The van der Waals surface area contributed by atoms with Crippen LogP contribution in [0.2, 0.25) is 0 Å². The Bertz CT molecular complexity index is 6.90. The molecule has 0 unspecified atom stereocenters. The standard InChI is InChI=1S/3CH4.4H2S/h3*1H4;4*1H2. The quantitative estimate of drug-likeness (QED) is 0.542. The van der Waals surface area contributed by atoms with Gasteiger partial charge in [0.1, 0.15) is 0 Å². The highest BCUT2D eigenvalue weighted by Crippen LogP contribution is 0.651. The SMILES string of the molecule is C.C.C.S.S.S.S. The summed E-state index contributed by atoms with van der Waals surface area (Å²) in [7, 11) is 0. The lowest BCUT2D eigenvalue weighted by molar-refractivity contribution is 2.50. The van der Waals surface area contributed by atoms with Crippen molar-refractivity contribution in [1.82, 2.24) is 0 Å². The summed E-state index contributed by atoms with van der Waals surface area (Å²) in [6.07, 6.45) is 0. The highest BCUT2D eigenvalue weighted by Gasteiger charge is -0.0755. The molecule has 0 aromatic heterocycles. The van der Waals surface area contributed by atoms with Crippen molar-refractivity contribution < 1.29 is 0 Å². The normalized spacial score (nSPS) is 0. The van der Waals surface area contributed by atoms with E-state index in [0.29, 0.717) is 0 Å². The smallest absolute Gasteiger partial charge is 0.0776 e. The zero-order chi connectivity index (χ0) is 0. The maximum absolute atomic E-state index is 0. The van der Waals surface area contributed by atoms with Crippen molar-refractivity contribution in [3.63, 3.8) is 0 Å². The summed E-state index contributed by atoms with van der Waals surface area (Å²) in [6, 6.07) is 0. The first kappa shape index (κ1) is 235. The van der Waals surface area contributed by atoms with E-state index in [2.05, 4.69) is 0 Å². The lowest BCUT2D eigenvalue weighted by Gasteiger charge is -0.198. The largest absolute Gasteiger partial charge is 0.197 e. The summed E-state index contributed by atoms with van der Waals surface area (Å²) in [6.45, 7) is 0. The minimum atomic E-state index is 0. The molecule has 0 saturated heterocycles. The van der Waals surface area contributed by atoms with E-state index < -0.39 is 0 Å². The molecule has 0 aromatic carbocycles. The Kier molecular flexibility index (Phi) is 5180. The average molecular weight is 184 g/mol. The van der Waals surface area contributed by atoms with Gasteiger partial charge in [-0.05, 0) is 0 Å². The highest BCUT2D eigenvalue weighted by molar-refractivity contribution is 7.59. The zero-order valence-electron chi connectivity index (χ0n) is 2.00. The zero-order valence-corrected chi connectivity index (χ0v) is 6.00. The van der Waals surface area contributed by atoms with E-state index in [-0.39, 0.29) is 76.3 Å². The first-order valence-corrected chi connectivity index (χ1v) is 0. The minimum absolute atomic E-state index is 0. The van der Waals surface area contributed by atoms with Gasteiger partial charge in [0.25, 0.3) is 0 Å². The van der Waals surface area contributed by atoms with Crippen LogP contribution in [0, 0.1) is 0 Å². The summed E-state index contributed by atoms with van der Waals surface area (Å²) < 4.78 is 0. The molecule has 0 atom stereocenters. The third kappa shape index (κ3) is 110. The van der Waals surface area contributed by atoms with E-state index in [1.54, 1.807) is 0 Å². The second kappa shape index (κ2) is 155. The molecule has 0 nitrogen and oxygen atoms in total. The molecule has 0 aliphatic heterocycles. The van der Waals surface area contributed by atoms with Crippen molar-refractivity contribution in [3.05, 3.63) is 0 Å². The molecule has 0 saturated carbocycles. The van der Waals surface area contributed by atoms with Crippen molar-refractivity contribution >= 4 is 54.0 Å². The molecule has 0 N–H and O–H groups in total. The molecule has 0 amide bonds. The fraction of sp³-hybridized carbons (Fsp3) is 1.00. The van der Waals surface area contributed by atoms with E-state index in [1.807, 2.05) is 0 Å². The van der Waals surface area contributed by atoms with Gasteiger partial charge in [0, 0.05) is 0 Å². The molecule has 4 heteroatoms. The van der Waals surface area contributed by atoms with Crippen LogP contribution in [0.5, 0.6) is 0 Å². The van der Waals surface area contributed by atoms with E-state index >= 15 is 0 Å². The third-order valence-electron chi connectivity index (χ3n) is 0. The maximum atomic E-state index is 0. The van der Waals surface area contributed by atoms with Crippen molar-refractivity contribution in [2.45, 2.75) is 22.3 Å². The number of hydrogen-bond acceptors (Lipinski definition) is 0. The van der Waals surface area contributed by atoms with Crippen LogP contribution in [0.15, 0.2) is 0 Å². The molecule has 0 spiro atoms. The van der Waals surface area contributed by atoms with E-state index in [0.717, 1.165) is 0 Å². The van der Waals surface area contributed by atoms with Gasteiger partial charge in [-0.1, -0.05) is 22.3 Å². The van der Waals surface area contributed by atoms with Gasteiger partial charge in [0.05, 0.1) is 0 Å². The Morgan fingerprint density at radius 3 is 0.286 bits per heavy atom. The molecule has 0 bridgehead atoms. The molecule has 0 rings (SSSR count). The third-order valence-corrected chi connectivity index (χ3v) is 0. The van der Waals surface area contributed by atoms with E-state index in [1.165, 1.54) is 0 Å². The molecule has 0 fully saturated rings. The van der Waals surface area contributed by atoms with Crippen LogP contribution in [-0.4, -0.2) is 0 Å². The van der Waals surface area contributed by atoms with Crippen molar-refractivity contribution in [1.29, 1.82) is 0 Å². The Morgan fingerprint density at radius 2 is 0.286 bits per heavy atom. The molecule has 7 heavy (non-hydrogen) atoms. The molecule has 0 aliphatic carbocycles. The van der Waals surface area contributed by atoms with Gasteiger partial charge in [-0.15, -0.1) is 0 Å². The minimum Gasteiger partial charge on any atom is -0.197 e. The van der Waals surface area contributed by atoms with E-state index in [4.69, 9.17) is 0 Å². The van der Waals surface area contributed by atoms with Crippen molar-refractivity contribution in [2.24, 2.45) is 0 Å². The van der Waals surface area contributed by atoms with Gasteiger partial charge in [-0.2, -0.15) is 54.0 Å². The predicted octanol–water partition coefficient (Wildman–Crippen LogP) is 2.36. The number of hydrogen-bond donors (Lipinski definition) is 0. The second-order valence-corrected chi connectivity index (χ2v) is 0. The summed E-state index contributed by atoms with van der Waals surface area (Å²) in [5, 5.41) is 0. The predicted molar refractivity (Wildman–Crippen MR) is 61.7 cm³/mol. The maximum Gasteiger partial charge on any atom is -0.0776 e. The first-order valence-electron chi connectivity index (χ1n) is 0. The Balaban J connectivity index is 0. The second-order valence-electron chi connectivity index (χ2n) is 0. The van der Waals surface area contributed by atoms with Gasteiger partial charge in [-0.3, -0.25) is 0 Å². The van der Waals surface area contributed by atoms with Gasteiger partial charge in [-0.25, -0.2) is 0 Å². The fourth-order valence-electron chi connectivity index (χ4n) is 0. The van der Waals surface area contributed by atoms with Gasteiger partial charge in [0.15, 0.2) is 0 Å². The molecule has 0 radical (unpaired) electrons. The van der Waals surface area contributed by atoms with Gasteiger partial charge >= 0.3 is 0 Å². The average Bonchev–Trinajstić information content (AvgIpc) is 0. The van der Waals surface area contributed by atoms with Crippen molar-refractivity contribution in [2.75, 3.05) is 0 Å². The van der Waals surface area contributed by atoms with Gasteiger partial charge < -0.3 is 0 Å². The summed E-state index contributed by atoms with van der Waals surface area (Å²) in [5.74, 6) is 0. The molecular weight excluding hydrogens is 164 g/mol. The Labute approximate surface area is 76.3 Å². The summed E-state index contributed by atoms with van der Waals surface area (Å²) in [5.41, 5.74) is 0. The Morgan fingerprint density at radius 1 is 0.286 bits per heavy atom. The highest BCUT2D eigenvalue weighted by atomic mass is 32.1. The monoisotopic (exact) mass is 184 g/mol. The molecule has 0 aromatic rings. The molecule has 0 heterocycles. The summed E-state index contributed by atoms with van der Waals surface area (Å²) in [4.78, 5) is 0. The van der Waals surface area contributed by atoms with Crippen LogP contribution in [0.4, 0.5) is 0 Å². The summed E-state index contributed by atoms with van der Waals surface area (Å²) >= 11 is 0. The van der Waals surface area contributed by atoms with Crippen LogP contribution < -0.4 is 0 Å². The topological polar surface area (TPSA) is 0 Å². The molecular formula is C3H20S4. The van der Waals surface area contributed by atoms with Gasteiger partial charge in [0.2, 0.25) is 0 Å². The number of rotatable bonds is 0.